The molecule has 1 amide bonds. The van der Waals surface area contributed by atoms with Gasteiger partial charge in [-0.3, -0.25) is 9.78 Å². The zero-order valence-corrected chi connectivity index (χ0v) is 15.1. The molecule has 0 bridgehead atoms. The maximum atomic E-state index is 13.4. The molecule has 1 saturated heterocycles. The standard InChI is InChI=1S/C19H24N2O4/c1-19(2)12-21(10-13(25-19)11-23-3)18(22)17-14-7-5-6-8-15(14)20-9-16(17)24-4/h5-9,13H,10-12H2,1-4H3/t13-/m1/s1. The molecule has 1 aliphatic rings. The summed E-state index contributed by atoms with van der Waals surface area (Å²) in [5, 5.41) is 0.791. The Hall–Kier alpha value is -2.18. The molecule has 2 aromatic rings. The Balaban J connectivity index is 2.01. The van der Waals surface area contributed by atoms with Crippen LogP contribution >= 0.6 is 0 Å². The SMILES string of the molecule is COC[C@H]1CN(C(=O)c2c(OC)cnc3ccccc23)CC(C)(C)O1. The fourth-order valence-corrected chi connectivity index (χ4v) is 3.38. The molecule has 0 N–H and O–H groups in total. The number of carbonyl (C=O) groups excluding carboxylic acids is 1. The first-order valence-corrected chi connectivity index (χ1v) is 8.33. The summed E-state index contributed by atoms with van der Waals surface area (Å²) in [5.41, 5.74) is 0.877. The van der Waals surface area contributed by atoms with Crippen molar-refractivity contribution in [1.82, 2.24) is 9.88 Å². The number of ether oxygens (including phenoxy) is 3. The summed E-state index contributed by atoms with van der Waals surface area (Å²) >= 11 is 0. The van der Waals surface area contributed by atoms with Crippen molar-refractivity contribution >= 4 is 16.8 Å². The first-order valence-electron chi connectivity index (χ1n) is 8.33. The van der Waals surface area contributed by atoms with E-state index >= 15 is 0 Å². The van der Waals surface area contributed by atoms with Crippen molar-refractivity contribution in [3.8, 4) is 5.75 Å². The number of rotatable bonds is 4. The van der Waals surface area contributed by atoms with Gasteiger partial charge in [0.2, 0.25) is 0 Å². The molecule has 25 heavy (non-hydrogen) atoms. The Bertz CT molecular complexity index is 775. The van der Waals surface area contributed by atoms with Crippen LogP contribution in [0.5, 0.6) is 5.75 Å². The molecule has 0 unspecified atom stereocenters. The van der Waals surface area contributed by atoms with E-state index in [0.29, 0.717) is 31.0 Å². The molecule has 1 fully saturated rings. The van der Waals surface area contributed by atoms with Crippen LogP contribution in [0.2, 0.25) is 0 Å². The largest absolute Gasteiger partial charge is 0.494 e. The number of aromatic nitrogens is 1. The Labute approximate surface area is 147 Å². The number of hydrogen-bond donors (Lipinski definition) is 0. The molecule has 2 heterocycles. The van der Waals surface area contributed by atoms with Crippen LogP contribution in [0.25, 0.3) is 10.9 Å². The number of morpholine rings is 1. The number of para-hydroxylation sites is 1. The third-order valence-corrected chi connectivity index (χ3v) is 4.30. The Morgan fingerprint density at radius 2 is 2.12 bits per heavy atom. The average molecular weight is 344 g/mol. The molecule has 1 aromatic heterocycles. The molecule has 0 spiro atoms. The van der Waals surface area contributed by atoms with E-state index in [1.807, 2.05) is 43.0 Å². The highest BCUT2D eigenvalue weighted by molar-refractivity contribution is 6.08. The van der Waals surface area contributed by atoms with Crippen LogP contribution < -0.4 is 4.74 Å². The smallest absolute Gasteiger partial charge is 0.258 e. The van der Waals surface area contributed by atoms with Crippen LogP contribution in [0.15, 0.2) is 30.5 Å². The second-order valence-electron chi connectivity index (χ2n) is 6.86. The molecular weight excluding hydrogens is 320 g/mol. The van der Waals surface area contributed by atoms with Gasteiger partial charge in [-0.05, 0) is 19.9 Å². The Morgan fingerprint density at radius 1 is 1.36 bits per heavy atom. The number of nitrogens with zero attached hydrogens (tertiary/aromatic N) is 2. The summed E-state index contributed by atoms with van der Waals surface area (Å²) in [4.78, 5) is 19.5. The lowest BCUT2D eigenvalue weighted by Crippen LogP contribution is -2.55. The van der Waals surface area contributed by atoms with Gasteiger partial charge in [-0.25, -0.2) is 0 Å². The zero-order valence-electron chi connectivity index (χ0n) is 15.1. The van der Waals surface area contributed by atoms with Gasteiger partial charge < -0.3 is 19.1 Å². The van der Waals surface area contributed by atoms with Crippen molar-refractivity contribution in [2.24, 2.45) is 0 Å². The first kappa shape index (κ1) is 17.6. The summed E-state index contributed by atoms with van der Waals surface area (Å²) in [7, 11) is 3.19. The van der Waals surface area contributed by atoms with Gasteiger partial charge >= 0.3 is 0 Å². The molecule has 0 saturated carbocycles. The highest BCUT2D eigenvalue weighted by Gasteiger charge is 2.37. The minimum atomic E-state index is -0.437. The van der Waals surface area contributed by atoms with Gasteiger partial charge in [0.15, 0.2) is 5.75 Å². The lowest BCUT2D eigenvalue weighted by atomic mass is 10.0. The van der Waals surface area contributed by atoms with Gasteiger partial charge in [-0.2, -0.15) is 0 Å². The number of carbonyl (C=O) groups is 1. The van der Waals surface area contributed by atoms with E-state index in [9.17, 15) is 4.79 Å². The third-order valence-electron chi connectivity index (χ3n) is 4.30. The molecule has 6 nitrogen and oxygen atoms in total. The van der Waals surface area contributed by atoms with Gasteiger partial charge in [0, 0.05) is 25.6 Å². The molecule has 1 atom stereocenters. The number of pyridine rings is 1. The van der Waals surface area contributed by atoms with Crippen LogP contribution in [0.1, 0.15) is 24.2 Å². The van der Waals surface area contributed by atoms with Gasteiger partial charge in [0.25, 0.3) is 5.91 Å². The average Bonchev–Trinajstić information content (AvgIpc) is 2.59. The predicted molar refractivity (Wildman–Crippen MR) is 95.0 cm³/mol. The van der Waals surface area contributed by atoms with Crippen molar-refractivity contribution in [3.63, 3.8) is 0 Å². The highest BCUT2D eigenvalue weighted by Crippen LogP contribution is 2.30. The fourth-order valence-electron chi connectivity index (χ4n) is 3.38. The summed E-state index contributed by atoms with van der Waals surface area (Å²) in [6.07, 6.45) is 1.45. The quantitative estimate of drug-likeness (QED) is 0.853. The van der Waals surface area contributed by atoms with Gasteiger partial charge in [0.05, 0.1) is 42.7 Å². The summed E-state index contributed by atoms with van der Waals surface area (Å²) in [6, 6.07) is 7.60. The highest BCUT2D eigenvalue weighted by atomic mass is 16.5. The number of amides is 1. The van der Waals surface area contributed by atoms with E-state index in [1.54, 1.807) is 20.4 Å². The second kappa shape index (κ2) is 6.98. The van der Waals surface area contributed by atoms with Crippen LogP contribution in [-0.4, -0.2) is 61.4 Å². The summed E-state index contributed by atoms with van der Waals surface area (Å²) in [6.45, 7) is 5.40. The predicted octanol–water partition coefficient (Wildman–Crippen LogP) is 2.51. The maximum Gasteiger partial charge on any atom is 0.258 e. The summed E-state index contributed by atoms with van der Waals surface area (Å²) in [5.74, 6) is 0.407. The first-order chi connectivity index (χ1) is 11.9. The lowest BCUT2D eigenvalue weighted by molar-refractivity contribution is -0.143. The Kier molecular flexibility index (Phi) is 4.92. The fraction of sp³-hybridized carbons (Fsp3) is 0.474. The van der Waals surface area contributed by atoms with Crippen molar-refractivity contribution in [2.75, 3.05) is 33.9 Å². The van der Waals surface area contributed by atoms with Gasteiger partial charge in [-0.1, -0.05) is 18.2 Å². The van der Waals surface area contributed by atoms with E-state index in [-0.39, 0.29) is 12.0 Å². The molecule has 3 rings (SSSR count). The molecule has 6 heteroatoms. The number of fused-ring (bicyclic) bond motifs is 1. The minimum absolute atomic E-state index is 0.0760. The van der Waals surface area contributed by atoms with E-state index in [0.717, 1.165) is 10.9 Å². The monoisotopic (exact) mass is 344 g/mol. The van der Waals surface area contributed by atoms with Gasteiger partial charge in [-0.15, -0.1) is 0 Å². The molecule has 0 radical (unpaired) electrons. The maximum absolute atomic E-state index is 13.4. The molecular formula is C19H24N2O4. The third kappa shape index (κ3) is 3.60. The zero-order chi connectivity index (χ0) is 18.0. The molecule has 134 valence electrons. The van der Waals surface area contributed by atoms with Crippen molar-refractivity contribution in [1.29, 1.82) is 0 Å². The molecule has 1 aliphatic heterocycles. The summed E-state index contributed by atoms with van der Waals surface area (Å²) < 4.78 is 16.7. The number of methoxy groups -OCH3 is 2. The Morgan fingerprint density at radius 3 is 2.84 bits per heavy atom. The van der Waals surface area contributed by atoms with Crippen molar-refractivity contribution in [3.05, 3.63) is 36.0 Å². The topological polar surface area (TPSA) is 60.9 Å². The van der Waals surface area contributed by atoms with Crippen LogP contribution in [0, 0.1) is 0 Å². The lowest BCUT2D eigenvalue weighted by Gasteiger charge is -2.42. The normalized spacial score (nSPS) is 19.8. The second-order valence-corrected chi connectivity index (χ2v) is 6.86. The van der Waals surface area contributed by atoms with Crippen molar-refractivity contribution < 1.29 is 19.0 Å². The van der Waals surface area contributed by atoms with E-state index in [4.69, 9.17) is 14.2 Å². The van der Waals surface area contributed by atoms with E-state index in [1.165, 1.54) is 0 Å². The van der Waals surface area contributed by atoms with Gasteiger partial charge in [0.1, 0.15) is 0 Å². The number of benzene rings is 1. The molecule has 1 aromatic carbocycles. The van der Waals surface area contributed by atoms with Crippen molar-refractivity contribution in [2.45, 2.75) is 25.6 Å². The molecule has 0 aliphatic carbocycles. The minimum Gasteiger partial charge on any atom is -0.494 e. The van der Waals surface area contributed by atoms with E-state index < -0.39 is 5.60 Å². The van der Waals surface area contributed by atoms with E-state index in [2.05, 4.69) is 4.98 Å². The van der Waals surface area contributed by atoms with Crippen LogP contribution in [0.4, 0.5) is 0 Å². The number of hydrogen-bond acceptors (Lipinski definition) is 5. The van der Waals surface area contributed by atoms with Crippen LogP contribution in [0.3, 0.4) is 0 Å². The van der Waals surface area contributed by atoms with Crippen LogP contribution in [-0.2, 0) is 9.47 Å².